The number of imidazole rings is 1. The molecule has 0 spiro atoms. The lowest BCUT2D eigenvalue weighted by Gasteiger charge is -2.34. The van der Waals surface area contributed by atoms with Gasteiger partial charge < -0.3 is 9.80 Å². The Morgan fingerprint density at radius 3 is 2.07 bits per heavy atom. The van der Waals surface area contributed by atoms with Crippen LogP contribution in [0.25, 0.3) is 5.69 Å². The molecule has 0 atom stereocenters. The Kier molecular flexibility index (Phi) is 4.89. The molecule has 1 aliphatic heterocycles. The van der Waals surface area contributed by atoms with E-state index in [0.717, 1.165) is 5.69 Å². The van der Waals surface area contributed by atoms with Gasteiger partial charge in [-0.25, -0.2) is 9.37 Å². The third-order valence-corrected chi connectivity index (χ3v) is 4.84. The van der Waals surface area contributed by atoms with Gasteiger partial charge in [0.05, 0.1) is 12.5 Å². The summed E-state index contributed by atoms with van der Waals surface area (Å²) in [6.45, 7) is 1.74. The number of para-hydroxylation sites is 1. The second-order valence-corrected chi connectivity index (χ2v) is 6.58. The van der Waals surface area contributed by atoms with E-state index in [-0.39, 0.29) is 17.6 Å². The van der Waals surface area contributed by atoms with Crippen LogP contribution in [0.5, 0.6) is 0 Å². The van der Waals surface area contributed by atoms with Crippen LogP contribution in [-0.4, -0.2) is 57.3 Å². The van der Waals surface area contributed by atoms with E-state index in [0.29, 0.717) is 37.4 Å². The van der Waals surface area contributed by atoms with E-state index < -0.39 is 0 Å². The molecule has 0 unspecified atom stereocenters. The van der Waals surface area contributed by atoms with Crippen molar-refractivity contribution in [2.75, 3.05) is 26.2 Å². The lowest BCUT2D eigenvalue weighted by molar-refractivity contribution is 0.0531. The van der Waals surface area contributed by atoms with E-state index in [1.54, 1.807) is 26.9 Å². The molecule has 4 rings (SSSR count). The first kappa shape index (κ1) is 17.9. The number of halogens is 1. The fourth-order valence-electron chi connectivity index (χ4n) is 3.30. The molecule has 0 radical (unpaired) electrons. The quantitative estimate of drug-likeness (QED) is 0.704. The van der Waals surface area contributed by atoms with Gasteiger partial charge in [-0.2, -0.15) is 0 Å². The molecule has 0 N–H and O–H groups in total. The molecule has 3 aromatic rings. The average molecular weight is 378 g/mol. The zero-order chi connectivity index (χ0) is 19.5. The summed E-state index contributed by atoms with van der Waals surface area (Å²) in [7, 11) is 0. The summed E-state index contributed by atoms with van der Waals surface area (Å²) in [5.74, 6) is -0.640. The maximum Gasteiger partial charge on any atom is 0.272 e. The fourth-order valence-corrected chi connectivity index (χ4v) is 3.30. The van der Waals surface area contributed by atoms with Crippen molar-refractivity contribution in [3.63, 3.8) is 0 Å². The van der Waals surface area contributed by atoms with E-state index >= 15 is 0 Å². The molecule has 1 saturated heterocycles. The van der Waals surface area contributed by atoms with Gasteiger partial charge >= 0.3 is 0 Å². The molecule has 28 heavy (non-hydrogen) atoms. The molecule has 2 amide bonds. The topological polar surface area (TPSA) is 58.4 Å². The number of hydrogen-bond acceptors (Lipinski definition) is 3. The standard InChI is InChI=1S/C21H19FN4O2/c22-17-8-6-16(7-9-17)20(27)24-10-12-25(13-11-24)21(28)19-14-23-15-26(19)18-4-2-1-3-5-18/h1-9,14-15H,10-13H2. The molecule has 2 heterocycles. The zero-order valence-electron chi connectivity index (χ0n) is 15.2. The molecule has 142 valence electrons. The van der Waals surface area contributed by atoms with Gasteiger partial charge in [-0.1, -0.05) is 18.2 Å². The minimum atomic E-state index is -0.373. The van der Waals surface area contributed by atoms with Crippen LogP contribution in [0, 0.1) is 5.82 Å². The number of carbonyl (C=O) groups excluding carboxylic acids is 2. The number of hydrogen-bond donors (Lipinski definition) is 0. The Hall–Kier alpha value is -3.48. The molecule has 0 saturated carbocycles. The van der Waals surface area contributed by atoms with Crippen molar-refractivity contribution in [3.05, 3.63) is 84.2 Å². The van der Waals surface area contributed by atoms with Gasteiger partial charge in [-0.3, -0.25) is 14.2 Å². The molecule has 0 bridgehead atoms. The van der Waals surface area contributed by atoms with Crippen LogP contribution in [0.15, 0.2) is 67.1 Å². The molecule has 1 aromatic heterocycles. The van der Waals surface area contributed by atoms with Crippen LogP contribution in [-0.2, 0) is 0 Å². The van der Waals surface area contributed by atoms with E-state index in [1.165, 1.54) is 24.3 Å². The fraction of sp³-hybridized carbons (Fsp3) is 0.190. The Balaban J connectivity index is 1.43. The number of nitrogens with zero attached hydrogens (tertiary/aromatic N) is 4. The molecule has 1 fully saturated rings. The summed E-state index contributed by atoms with van der Waals surface area (Å²) in [6.07, 6.45) is 3.18. The Labute approximate surface area is 161 Å². The van der Waals surface area contributed by atoms with Crippen molar-refractivity contribution in [3.8, 4) is 5.69 Å². The monoisotopic (exact) mass is 378 g/mol. The molecule has 2 aromatic carbocycles. The highest BCUT2D eigenvalue weighted by Crippen LogP contribution is 2.15. The number of benzene rings is 2. The van der Waals surface area contributed by atoms with Crippen molar-refractivity contribution >= 4 is 11.8 Å². The van der Waals surface area contributed by atoms with Crippen molar-refractivity contribution in [2.45, 2.75) is 0 Å². The van der Waals surface area contributed by atoms with Gasteiger partial charge in [0.1, 0.15) is 11.5 Å². The summed E-state index contributed by atoms with van der Waals surface area (Å²) < 4.78 is 14.8. The molecule has 7 heteroatoms. The van der Waals surface area contributed by atoms with Crippen LogP contribution >= 0.6 is 0 Å². The van der Waals surface area contributed by atoms with Gasteiger partial charge in [0.15, 0.2) is 0 Å². The van der Waals surface area contributed by atoms with E-state index in [2.05, 4.69) is 4.98 Å². The Morgan fingerprint density at radius 2 is 1.43 bits per heavy atom. The van der Waals surface area contributed by atoms with Gasteiger partial charge in [0.25, 0.3) is 11.8 Å². The van der Waals surface area contributed by atoms with Crippen molar-refractivity contribution in [2.24, 2.45) is 0 Å². The number of piperazine rings is 1. The zero-order valence-corrected chi connectivity index (χ0v) is 15.2. The number of aromatic nitrogens is 2. The van der Waals surface area contributed by atoms with E-state index in [1.807, 2.05) is 30.3 Å². The second kappa shape index (κ2) is 7.64. The lowest BCUT2D eigenvalue weighted by Crippen LogP contribution is -2.50. The minimum Gasteiger partial charge on any atom is -0.335 e. The third-order valence-electron chi connectivity index (χ3n) is 4.84. The van der Waals surface area contributed by atoms with Gasteiger partial charge in [0.2, 0.25) is 0 Å². The predicted octanol–water partition coefficient (Wildman–Crippen LogP) is 2.61. The minimum absolute atomic E-state index is 0.116. The van der Waals surface area contributed by atoms with Gasteiger partial charge in [-0.15, -0.1) is 0 Å². The summed E-state index contributed by atoms with van der Waals surface area (Å²) in [5.41, 5.74) is 1.81. The van der Waals surface area contributed by atoms with E-state index in [9.17, 15) is 14.0 Å². The van der Waals surface area contributed by atoms with Crippen molar-refractivity contribution < 1.29 is 14.0 Å². The normalized spacial score (nSPS) is 14.2. The molecule has 0 aliphatic carbocycles. The van der Waals surface area contributed by atoms with Crippen molar-refractivity contribution in [1.82, 2.24) is 19.4 Å². The number of rotatable bonds is 3. The first-order chi connectivity index (χ1) is 13.6. The Bertz CT molecular complexity index is 977. The largest absolute Gasteiger partial charge is 0.335 e. The smallest absolute Gasteiger partial charge is 0.272 e. The Morgan fingerprint density at radius 1 is 0.821 bits per heavy atom. The first-order valence-electron chi connectivity index (χ1n) is 9.05. The first-order valence-corrected chi connectivity index (χ1v) is 9.05. The molecular formula is C21H19FN4O2. The number of carbonyl (C=O) groups is 2. The molecule has 1 aliphatic rings. The molecule has 6 nitrogen and oxygen atoms in total. The van der Waals surface area contributed by atoms with Crippen LogP contribution in [0.2, 0.25) is 0 Å². The molecular weight excluding hydrogens is 359 g/mol. The highest BCUT2D eigenvalue weighted by Gasteiger charge is 2.27. The summed E-state index contributed by atoms with van der Waals surface area (Å²) >= 11 is 0. The van der Waals surface area contributed by atoms with Crippen LogP contribution < -0.4 is 0 Å². The van der Waals surface area contributed by atoms with Crippen LogP contribution in [0.1, 0.15) is 20.8 Å². The highest BCUT2D eigenvalue weighted by molar-refractivity contribution is 5.95. The number of amides is 2. The van der Waals surface area contributed by atoms with Crippen LogP contribution in [0.3, 0.4) is 0 Å². The second-order valence-electron chi connectivity index (χ2n) is 6.58. The third kappa shape index (κ3) is 3.51. The SMILES string of the molecule is O=C(c1ccc(F)cc1)N1CCN(C(=O)c2cncn2-c2ccccc2)CC1. The highest BCUT2D eigenvalue weighted by atomic mass is 19.1. The maximum absolute atomic E-state index is 13.0. The van der Waals surface area contributed by atoms with Gasteiger partial charge in [0, 0.05) is 37.4 Å². The maximum atomic E-state index is 13.0. The summed E-state index contributed by atoms with van der Waals surface area (Å²) in [4.78, 5) is 33.0. The van der Waals surface area contributed by atoms with E-state index in [4.69, 9.17) is 0 Å². The van der Waals surface area contributed by atoms with Gasteiger partial charge in [-0.05, 0) is 36.4 Å². The summed E-state index contributed by atoms with van der Waals surface area (Å²) in [6, 6.07) is 15.1. The average Bonchev–Trinajstić information content (AvgIpc) is 3.24. The lowest BCUT2D eigenvalue weighted by atomic mass is 10.1. The van der Waals surface area contributed by atoms with Crippen LogP contribution in [0.4, 0.5) is 4.39 Å². The summed E-state index contributed by atoms with van der Waals surface area (Å²) in [5, 5.41) is 0. The van der Waals surface area contributed by atoms with Crippen molar-refractivity contribution in [1.29, 1.82) is 0 Å². The predicted molar refractivity (Wildman–Crippen MR) is 102 cm³/mol.